The normalized spacial score (nSPS) is 16.3. The lowest BCUT2D eigenvalue weighted by Crippen LogP contribution is -2.38. The molecule has 0 amide bonds. The largest absolute Gasteiger partial charge is 0.474 e. The lowest BCUT2D eigenvalue weighted by molar-refractivity contribution is 0.119. The molecule has 1 saturated carbocycles. The highest BCUT2D eigenvalue weighted by atomic mass is 32.1. The van der Waals surface area contributed by atoms with Crippen molar-refractivity contribution in [3.63, 3.8) is 0 Å². The summed E-state index contributed by atoms with van der Waals surface area (Å²) in [6.45, 7) is 3.34. The number of hydrogen-bond acceptors (Lipinski definition) is 6. The van der Waals surface area contributed by atoms with Crippen LogP contribution in [0.15, 0.2) is 28.7 Å². The third-order valence-corrected chi connectivity index (χ3v) is 6.39. The highest BCUT2D eigenvalue weighted by Crippen LogP contribution is 2.22. The van der Waals surface area contributed by atoms with E-state index in [0.717, 1.165) is 40.9 Å². The maximum absolute atomic E-state index is 6.01. The second kappa shape index (κ2) is 11.3. The molecule has 2 aromatic rings. The zero-order valence-electron chi connectivity index (χ0n) is 18.4. The zero-order chi connectivity index (χ0) is 21.3. The summed E-state index contributed by atoms with van der Waals surface area (Å²) in [6.07, 6.45) is 8.32. The fourth-order valence-electron chi connectivity index (χ4n) is 3.51. The number of guanidine groups is 1. The summed E-state index contributed by atoms with van der Waals surface area (Å²) in [6, 6.07) is 4.02. The van der Waals surface area contributed by atoms with Gasteiger partial charge in [-0.25, -0.2) is 9.97 Å². The molecule has 0 radical (unpaired) electrons. The van der Waals surface area contributed by atoms with Gasteiger partial charge < -0.3 is 19.7 Å². The van der Waals surface area contributed by atoms with Crippen molar-refractivity contribution in [3.8, 4) is 5.88 Å². The van der Waals surface area contributed by atoms with Gasteiger partial charge in [-0.3, -0.25) is 4.99 Å². The first-order valence-electron chi connectivity index (χ1n) is 10.6. The summed E-state index contributed by atoms with van der Waals surface area (Å²) in [5.74, 6) is 1.53. The van der Waals surface area contributed by atoms with Crippen LogP contribution in [-0.2, 0) is 17.8 Å². The molecule has 0 aliphatic heterocycles. The number of methoxy groups -OCH3 is 1. The minimum absolute atomic E-state index is 0.0176. The van der Waals surface area contributed by atoms with Crippen LogP contribution in [0.5, 0.6) is 5.88 Å². The van der Waals surface area contributed by atoms with Crippen molar-refractivity contribution in [1.29, 1.82) is 0 Å². The van der Waals surface area contributed by atoms with Crippen molar-refractivity contribution >= 4 is 17.3 Å². The van der Waals surface area contributed by atoms with Gasteiger partial charge in [0, 0.05) is 45.4 Å². The van der Waals surface area contributed by atoms with E-state index in [2.05, 4.69) is 36.6 Å². The summed E-state index contributed by atoms with van der Waals surface area (Å²) >= 11 is 1.62. The van der Waals surface area contributed by atoms with Crippen LogP contribution >= 0.6 is 11.3 Å². The monoisotopic (exact) mass is 431 g/mol. The van der Waals surface area contributed by atoms with E-state index in [-0.39, 0.29) is 6.10 Å². The Balaban J connectivity index is 1.48. The summed E-state index contributed by atoms with van der Waals surface area (Å²) in [5, 5.41) is 6.46. The Bertz CT molecular complexity index is 802. The summed E-state index contributed by atoms with van der Waals surface area (Å²) in [7, 11) is 5.50. The van der Waals surface area contributed by atoms with E-state index in [4.69, 9.17) is 9.47 Å². The molecule has 0 aromatic carbocycles. The maximum atomic E-state index is 6.01. The standard InChI is InChI=1S/C22H33N5O2S/c1-16(28-4)21-26-18(15-30-21)14-27(3)22(23-2)25-13-17-10-11-20(24-12-17)29-19-8-6-5-7-9-19/h10-12,15-16,19H,5-9,13-14H2,1-4H3,(H,23,25). The van der Waals surface area contributed by atoms with E-state index in [1.54, 1.807) is 25.5 Å². The highest BCUT2D eigenvalue weighted by molar-refractivity contribution is 7.09. The topological polar surface area (TPSA) is 71.9 Å². The lowest BCUT2D eigenvalue weighted by atomic mass is 9.98. The number of hydrogen-bond donors (Lipinski definition) is 1. The summed E-state index contributed by atoms with van der Waals surface area (Å²) in [4.78, 5) is 15.6. The van der Waals surface area contributed by atoms with E-state index in [1.165, 1.54) is 19.3 Å². The maximum Gasteiger partial charge on any atom is 0.213 e. The Hall–Kier alpha value is -2.19. The Kier molecular flexibility index (Phi) is 8.45. The predicted octanol–water partition coefficient (Wildman–Crippen LogP) is 4.16. The summed E-state index contributed by atoms with van der Waals surface area (Å²) in [5.41, 5.74) is 2.10. The van der Waals surface area contributed by atoms with Gasteiger partial charge in [0.1, 0.15) is 17.2 Å². The van der Waals surface area contributed by atoms with Gasteiger partial charge >= 0.3 is 0 Å². The van der Waals surface area contributed by atoms with Crippen LogP contribution in [-0.4, -0.2) is 48.1 Å². The van der Waals surface area contributed by atoms with Crippen LogP contribution in [0.2, 0.25) is 0 Å². The van der Waals surface area contributed by atoms with Crippen LogP contribution in [0.3, 0.4) is 0 Å². The average molecular weight is 432 g/mol. The number of ether oxygens (including phenoxy) is 2. The van der Waals surface area contributed by atoms with E-state index in [9.17, 15) is 0 Å². The van der Waals surface area contributed by atoms with Gasteiger partial charge in [0.2, 0.25) is 5.88 Å². The molecule has 0 bridgehead atoms. The molecule has 3 rings (SSSR count). The fourth-order valence-corrected chi connectivity index (χ4v) is 4.35. The molecule has 0 saturated heterocycles. The van der Waals surface area contributed by atoms with Gasteiger partial charge in [0.15, 0.2) is 5.96 Å². The van der Waals surface area contributed by atoms with Gasteiger partial charge in [-0.05, 0) is 38.2 Å². The molecule has 1 aliphatic rings. The minimum atomic E-state index is 0.0176. The first-order valence-corrected chi connectivity index (χ1v) is 11.5. The van der Waals surface area contributed by atoms with E-state index in [1.807, 2.05) is 26.2 Å². The minimum Gasteiger partial charge on any atom is -0.474 e. The SMILES string of the molecule is CN=C(NCc1ccc(OC2CCCCC2)nc1)N(C)Cc1csc(C(C)OC)n1. The zero-order valence-corrected chi connectivity index (χ0v) is 19.2. The fraction of sp³-hybridized carbons (Fsp3) is 0.591. The first-order chi connectivity index (χ1) is 14.6. The van der Waals surface area contributed by atoms with Crippen LogP contribution in [0.1, 0.15) is 61.4 Å². The number of aliphatic imine (C=N–C) groups is 1. The molecule has 8 heteroatoms. The molecule has 30 heavy (non-hydrogen) atoms. The van der Waals surface area contributed by atoms with Gasteiger partial charge in [-0.1, -0.05) is 12.5 Å². The van der Waals surface area contributed by atoms with Gasteiger partial charge in [0.05, 0.1) is 12.2 Å². The molecule has 7 nitrogen and oxygen atoms in total. The molecule has 2 heterocycles. The number of rotatable bonds is 8. The molecule has 0 spiro atoms. The average Bonchev–Trinajstić information content (AvgIpc) is 3.24. The van der Waals surface area contributed by atoms with E-state index in [0.29, 0.717) is 19.2 Å². The molecule has 1 aliphatic carbocycles. The van der Waals surface area contributed by atoms with Crippen LogP contribution in [0.25, 0.3) is 0 Å². The molecular formula is C22H33N5O2S. The van der Waals surface area contributed by atoms with Gasteiger partial charge in [-0.15, -0.1) is 11.3 Å². The highest BCUT2D eigenvalue weighted by Gasteiger charge is 2.15. The molecular weight excluding hydrogens is 398 g/mol. The van der Waals surface area contributed by atoms with Gasteiger partial charge in [0.25, 0.3) is 0 Å². The number of thiazole rings is 1. The second-order valence-corrected chi connectivity index (χ2v) is 8.58. The molecule has 2 aromatic heterocycles. The predicted molar refractivity (Wildman–Crippen MR) is 121 cm³/mol. The second-order valence-electron chi connectivity index (χ2n) is 7.69. The number of aromatic nitrogens is 2. The molecule has 1 unspecified atom stereocenters. The van der Waals surface area contributed by atoms with Crippen molar-refractivity contribution < 1.29 is 9.47 Å². The Labute approximate surface area is 183 Å². The van der Waals surface area contributed by atoms with Crippen molar-refractivity contribution in [2.24, 2.45) is 4.99 Å². The van der Waals surface area contributed by atoms with E-state index >= 15 is 0 Å². The molecule has 1 atom stereocenters. The third kappa shape index (κ3) is 6.40. The lowest BCUT2D eigenvalue weighted by Gasteiger charge is -2.22. The smallest absolute Gasteiger partial charge is 0.213 e. The quantitative estimate of drug-likeness (QED) is 0.500. The number of nitrogens with one attached hydrogen (secondary N) is 1. The van der Waals surface area contributed by atoms with Crippen LogP contribution in [0.4, 0.5) is 0 Å². The van der Waals surface area contributed by atoms with Crippen LogP contribution in [0, 0.1) is 0 Å². The van der Waals surface area contributed by atoms with Crippen molar-refractivity contribution in [2.75, 3.05) is 21.2 Å². The Morgan fingerprint density at radius 3 is 2.80 bits per heavy atom. The Morgan fingerprint density at radius 1 is 1.33 bits per heavy atom. The van der Waals surface area contributed by atoms with Crippen molar-refractivity contribution in [1.82, 2.24) is 20.2 Å². The van der Waals surface area contributed by atoms with Gasteiger partial charge in [-0.2, -0.15) is 0 Å². The molecule has 1 fully saturated rings. The van der Waals surface area contributed by atoms with Crippen LogP contribution < -0.4 is 10.1 Å². The third-order valence-electron chi connectivity index (χ3n) is 5.33. The number of pyridine rings is 1. The van der Waals surface area contributed by atoms with E-state index < -0.39 is 0 Å². The summed E-state index contributed by atoms with van der Waals surface area (Å²) < 4.78 is 11.4. The molecule has 1 N–H and O–H groups in total. The van der Waals surface area contributed by atoms with Crippen molar-refractivity contribution in [2.45, 2.75) is 64.3 Å². The van der Waals surface area contributed by atoms with Crippen molar-refractivity contribution in [3.05, 3.63) is 40.0 Å². The molecule has 164 valence electrons. The number of nitrogens with zero attached hydrogens (tertiary/aromatic N) is 4. The Morgan fingerprint density at radius 2 is 2.13 bits per heavy atom. The first kappa shape index (κ1) is 22.5.